The van der Waals surface area contributed by atoms with Gasteiger partial charge in [0.25, 0.3) is 5.91 Å². The summed E-state index contributed by atoms with van der Waals surface area (Å²) in [5, 5.41) is 10.7. The number of nitrogens with one attached hydrogen (secondary N) is 1. The van der Waals surface area contributed by atoms with Crippen molar-refractivity contribution in [1.82, 2.24) is 15.1 Å². The Morgan fingerprint density at radius 1 is 1.12 bits per heavy atom. The van der Waals surface area contributed by atoms with Crippen molar-refractivity contribution in [2.45, 2.75) is 13.5 Å². The Hall–Kier alpha value is -2.92. The number of hydrogen-bond acceptors (Lipinski definition) is 3. The van der Waals surface area contributed by atoms with E-state index in [9.17, 15) is 4.79 Å². The summed E-state index contributed by atoms with van der Waals surface area (Å²) >= 11 is 1.69. The molecule has 0 bridgehead atoms. The predicted octanol–water partition coefficient (Wildman–Crippen LogP) is 4.33. The van der Waals surface area contributed by atoms with Gasteiger partial charge in [-0.3, -0.25) is 4.79 Å². The van der Waals surface area contributed by atoms with E-state index in [2.05, 4.69) is 27.9 Å². The minimum Gasteiger partial charge on any atom is -0.347 e. The van der Waals surface area contributed by atoms with Gasteiger partial charge in [-0.15, -0.1) is 11.3 Å². The Balaban J connectivity index is 1.52. The molecule has 0 aliphatic carbocycles. The fourth-order valence-electron chi connectivity index (χ4n) is 2.85. The molecule has 0 fully saturated rings. The molecule has 0 spiro atoms. The minimum atomic E-state index is -0.159. The van der Waals surface area contributed by atoms with Crippen LogP contribution in [0.3, 0.4) is 0 Å². The molecule has 1 amide bonds. The number of benzene rings is 2. The molecule has 124 valence electrons. The topological polar surface area (TPSA) is 46.9 Å². The Bertz CT molecular complexity index is 1030. The van der Waals surface area contributed by atoms with Gasteiger partial charge in [-0.2, -0.15) is 5.10 Å². The Labute approximate surface area is 149 Å². The van der Waals surface area contributed by atoms with Crippen molar-refractivity contribution in [2.75, 3.05) is 0 Å². The molecule has 4 aromatic rings. The molecule has 0 saturated carbocycles. The van der Waals surface area contributed by atoms with Crippen molar-refractivity contribution < 1.29 is 4.79 Å². The van der Waals surface area contributed by atoms with E-state index < -0.39 is 0 Å². The van der Waals surface area contributed by atoms with Crippen molar-refractivity contribution in [3.05, 3.63) is 83.0 Å². The lowest BCUT2D eigenvalue weighted by Gasteiger charge is -2.04. The molecule has 0 unspecified atom stereocenters. The second kappa shape index (κ2) is 6.53. The first-order valence-corrected chi connectivity index (χ1v) is 8.96. The molecule has 0 atom stereocenters. The molecule has 5 heteroatoms. The SMILES string of the molecule is Cc1cc(C(=O)NCc2csc3ccccc23)nn1-c1ccccc1. The van der Waals surface area contributed by atoms with Crippen LogP contribution in [0.5, 0.6) is 0 Å². The first kappa shape index (κ1) is 15.6. The van der Waals surface area contributed by atoms with Crippen molar-refractivity contribution in [3.63, 3.8) is 0 Å². The highest BCUT2D eigenvalue weighted by Crippen LogP contribution is 2.25. The third-order valence-corrected chi connectivity index (χ3v) is 5.13. The summed E-state index contributed by atoms with van der Waals surface area (Å²) in [7, 11) is 0. The maximum atomic E-state index is 12.5. The number of aryl methyl sites for hydroxylation is 1. The number of amides is 1. The van der Waals surface area contributed by atoms with Crippen LogP contribution >= 0.6 is 11.3 Å². The molecule has 4 rings (SSSR count). The predicted molar refractivity (Wildman–Crippen MR) is 101 cm³/mol. The van der Waals surface area contributed by atoms with Crippen LogP contribution in [0.2, 0.25) is 0 Å². The zero-order valence-electron chi connectivity index (χ0n) is 13.8. The Morgan fingerprint density at radius 2 is 1.88 bits per heavy atom. The summed E-state index contributed by atoms with van der Waals surface area (Å²) in [6.45, 7) is 2.45. The number of aromatic nitrogens is 2. The van der Waals surface area contributed by atoms with Crippen LogP contribution in [0, 0.1) is 6.92 Å². The largest absolute Gasteiger partial charge is 0.347 e. The lowest BCUT2D eigenvalue weighted by atomic mass is 10.2. The van der Waals surface area contributed by atoms with Gasteiger partial charge in [-0.25, -0.2) is 4.68 Å². The lowest BCUT2D eigenvalue weighted by molar-refractivity contribution is 0.0945. The van der Waals surface area contributed by atoms with Gasteiger partial charge >= 0.3 is 0 Å². The first-order chi connectivity index (χ1) is 12.2. The van der Waals surface area contributed by atoms with Gasteiger partial charge in [-0.1, -0.05) is 36.4 Å². The second-order valence-corrected chi connectivity index (χ2v) is 6.77. The first-order valence-electron chi connectivity index (χ1n) is 8.08. The lowest BCUT2D eigenvalue weighted by Crippen LogP contribution is -2.23. The highest BCUT2D eigenvalue weighted by atomic mass is 32.1. The highest BCUT2D eigenvalue weighted by molar-refractivity contribution is 7.17. The molecule has 1 N–H and O–H groups in total. The zero-order chi connectivity index (χ0) is 17.2. The van der Waals surface area contributed by atoms with Crippen LogP contribution in [-0.4, -0.2) is 15.7 Å². The normalized spacial score (nSPS) is 10.9. The monoisotopic (exact) mass is 347 g/mol. The summed E-state index contributed by atoms with van der Waals surface area (Å²) < 4.78 is 3.02. The minimum absolute atomic E-state index is 0.159. The zero-order valence-corrected chi connectivity index (χ0v) is 14.6. The average Bonchev–Trinajstić information content (AvgIpc) is 3.24. The van der Waals surface area contributed by atoms with Crippen molar-refractivity contribution >= 4 is 27.3 Å². The van der Waals surface area contributed by atoms with Gasteiger partial charge in [0.05, 0.1) is 5.69 Å². The highest BCUT2D eigenvalue weighted by Gasteiger charge is 2.13. The number of carbonyl (C=O) groups is 1. The molecule has 0 radical (unpaired) electrons. The standard InChI is InChI=1S/C20H17N3OS/c1-14-11-18(22-23(14)16-7-3-2-4-8-16)20(24)21-12-15-13-25-19-10-6-5-9-17(15)19/h2-11,13H,12H2,1H3,(H,21,24). The van der Waals surface area contributed by atoms with E-state index in [0.717, 1.165) is 16.9 Å². The summed E-state index contributed by atoms with van der Waals surface area (Å²) in [6, 6.07) is 19.9. The number of nitrogens with zero attached hydrogens (tertiary/aromatic N) is 2. The molecule has 2 aromatic carbocycles. The number of hydrogen-bond donors (Lipinski definition) is 1. The summed E-state index contributed by atoms with van der Waals surface area (Å²) in [5.74, 6) is -0.159. The van der Waals surface area contributed by atoms with Crippen LogP contribution < -0.4 is 5.32 Å². The number of carbonyl (C=O) groups excluding carboxylic acids is 1. The maximum absolute atomic E-state index is 12.5. The number of para-hydroxylation sites is 1. The van der Waals surface area contributed by atoms with Gasteiger partial charge in [0.1, 0.15) is 0 Å². The summed E-state index contributed by atoms with van der Waals surface area (Å²) in [4.78, 5) is 12.5. The summed E-state index contributed by atoms with van der Waals surface area (Å²) in [5.41, 5.74) is 3.44. The molecular formula is C20H17N3OS. The number of rotatable bonds is 4. The van der Waals surface area contributed by atoms with Gasteiger partial charge in [0.15, 0.2) is 5.69 Å². The second-order valence-electron chi connectivity index (χ2n) is 5.86. The van der Waals surface area contributed by atoms with E-state index in [4.69, 9.17) is 0 Å². The molecular weight excluding hydrogens is 330 g/mol. The van der Waals surface area contributed by atoms with E-state index in [-0.39, 0.29) is 5.91 Å². The van der Waals surface area contributed by atoms with Crippen molar-refractivity contribution in [1.29, 1.82) is 0 Å². The smallest absolute Gasteiger partial charge is 0.272 e. The fourth-order valence-corrected chi connectivity index (χ4v) is 3.81. The molecule has 4 nitrogen and oxygen atoms in total. The molecule has 2 heterocycles. The van der Waals surface area contributed by atoms with Crippen molar-refractivity contribution in [2.24, 2.45) is 0 Å². The van der Waals surface area contributed by atoms with E-state index in [1.807, 2.05) is 55.5 Å². The van der Waals surface area contributed by atoms with E-state index >= 15 is 0 Å². The summed E-state index contributed by atoms with van der Waals surface area (Å²) in [6.07, 6.45) is 0. The third-order valence-electron chi connectivity index (χ3n) is 4.12. The van der Waals surface area contributed by atoms with E-state index in [0.29, 0.717) is 12.2 Å². The Morgan fingerprint density at radius 3 is 2.72 bits per heavy atom. The van der Waals surface area contributed by atoms with Gasteiger partial charge < -0.3 is 5.32 Å². The quantitative estimate of drug-likeness (QED) is 0.597. The van der Waals surface area contributed by atoms with Gasteiger partial charge in [0.2, 0.25) is 0 Å². The van der Waals surface area contributed by atoms with Crippen LogP contribution in [0.15, 0.2) is 66.0 Å². The molecule has 0 aliphatic rings. The molecule has 0 saturated heterocycles. The Kier molecular flexibility index (Phi) is 4.07. The third kappa shape index (κ3) is 3.06. The number of fused-ring (bicyclic) bond motifs is 1. The average molecular weight is 347 g/mol. The van der Waals surface area contributed by atoms with Crippen molar-refractivity contribution in [3.8, 4) is 5.69 Å². The van der Waals surface area contributed by atoms with E-state index in [1.165, 1.54) is 10.1 Å². The molecule has 25 heavy (non-hydrogen) atoms. The maximum Gasteiger partial charge on any atom is 0.272 e. The van der Waals surface area contributed by atoms with Crippen LogP contribution in [0.25, 0.3) is 15.8 Å². The van der Waals surface area contributed by atoms with Crippen LogP contribution in [0.1, 0.15) is 21.7 Å². The van der Waals surface area contributed by atoms with Gasteiger partial charge in [0, 0.05) is 16.9 Å². The number of thiophene rings is 1. The molecule has 2 aromatic heterocycles. The fraction of sp³-hybridized carbons (Fsp3) is 0.100. The van der Waals surface area contributed by atoms with E-state index in [1.54, 1.807) is 16.0 Å². The van der Waals surface area contributed by atoms with Crippen LogP contribution in [-0.2, 0) is 6.54 Å². The molecule has 0 aliphatic heterocycles. The van der Waals surface area contributed by atoms with Gasteiger partial charge in [-0.05, 0) is 47.5 Å². The van der Waals surface area contributed by atoms with Crippen LogP contribution in [0.4, 0.5) is 0 Å².